The Morgan fingerprint density at radius 1 is 1.03 bits per heavy atom. The van der Waals surface area contributed by atoms with E-state index in [9.17, 15) is 4.79 Å². The van der Waals surface area contributed by atoms with Gasteiger partial charge in [-0.3, -0.25) is 4.79 Å². The Labute approximate surface area is 215 Å². The van der Waals surface area contributed by atoms with Gasteiger partial charge in [-0.05, 0) is 55.2 Å². The molecule has 1 amide bonds. The minimum atomic E-state index is 0. The highest BCUT2D eigenvalue weighted by Crippen LogP contribution is 2.12. The normalized spacial score (nSPS) is 10.8. The molecule has 2 aromatic rings. The molecule has 33 heavy (non-hydrogen) atoms. The standard InChI is InChI=1S/C25H36N4O3.HI/c1-5-32-17-7-15-26-25(28-19-21-10-12-23(31-4)13-11-21)27-16-14-20-8-6-9-22(18-20)24(30)29(2)3;/h6,8-13,18H,5,7,14-17,19H2,1-4H3,(H2,26,27,28);1H. The number of hydrogen-bond donors (Lipinski definition) is 2. The average molecular weight is 569 g/mol. The number of amides is 1. The van der Waals surface area contributed by atoms with Gasteiger partial charge in [-0.15, -0.1) is 24.0 Å². The number of carbonyl (C=O) groups is 1. The lowest BCUT2D eigenvalue weighted by Crippen LogP contribution is -2.39. The number of carbonyl (C=O) groups excluding carboxylic acids is 1. The van der Waals surface area contributed by atoms with Crippen molar-refractivity contribution in [2.75, 3.05) is 47.5 Å². The van der Waals surface area contributed by atoms with Crippen LogP contribution in [-0.2, 0) is 17.7 Å². The first-order chi connectivity index (χ1) is 15.5. The molecule has 0 aliphatic rings. The summed E-state index contributed by atoms with van der Waals surface area (Å²) >= 11 is 0. The molecular weight excluding hydrogens is 531 g/mol. The Morgan fingerprint density at radius 3 is 2.42 bits per heavy atom. The zero-order valence-corrected chi connectivity index (χ0v) is 22.4. The van der Waals surface area contributed by atoms with Gasteiger partial charge in [0.2, 0.25) is 0 Å². The average Bonchev–Trinajstić information content (AvgIpc) is 2.81. The molecule has 0 fully saturated rings. The smallest absolute Gasteiger partial charge is 0.253 e. The monoisotopic (exact) mass is 568 g/mol. The third-order valence-corrected chi connectivity index (χ3v) is 4.83. The second-order valence-corrected chi connectivity index (χ2v) is 7.57. The molecule has 0 saturated carbocycles. The van der Waals surface area contributed by atoms with Crippen LogP contribution < -0.4 is 15.4 Å². The number of ether oxygens (including phenoxy) is 2. The van der Waals surface area contributed by atoms with Crippen LogP contribution in [0.4, 0.5) is 0 Å². The molecule has 7 nitrogen and oxygen atoms in total. The minimum Gasteiger partial charge on any atom is -0.497 e. The lowest BCUT2D eigenvalue weighted by atomic mass is 10.1. The molecule has 2 rings (SSSR count). The number of benzene rings is 2. The van der Waals surface area contributed by atoms with Crippen LogP contribution in [0.25, 0.3) is 0 Å². The maximum Gasteiger partial charge on any atom is 0.253 e. The Hall–Kier alpha value is -2.33. The molecular formula is C25H37IN4O3. The van der Waals surface area contributed by atoms with E-state index in [2.05, 4.69) is 10.6 Å². The molecule has 2 aromatic carbocycles. The van der Waals surface area contributed by atoms with Crippen molar-refractivity contribution in [1.82, 2.24) is 15.5 Å². The van der Waals surface area contributed by atoms with Gasteiger partial charge < -0.3 is 25.0 Å². The van der Waals surface area contributed by atoms with Crippen molar-refractivity contribution < 1.29 is 14.3 Å². The summed E-state index contributed by atoms with van der Waals surface area (Å²) in [6, 6.07) is 15.7. The summed E-state index contributed by atoms with van der Waals surface area (Å²) < 4.78 is 10.6. The molecule has 0 radical (unpaired) electrons. The summed E-state index contributed by atoms with van der Waals surface area (Å²) in [7, 11) is 5.19. The zero-order chi connectivity index (χ0) is 23.2. The van der Waals surface area contributed by atoms with Gasteiger partial charge in [0.15, 0.2) is 5.96 Å². The molecule has 0 atom stereocenters. The molecule has 182 valence electrons. The minimum absolute atomic E-state index is 0. The lowest BCUT2D eigenvalue weighted by molar-refractivity contribution is 0.0827. The maximum atomic E-state index is 12.2. The molecule has 0 heterocycles. The Bertz CT molecular complexity index is 857. The van der Waals surface area contributed by atoms with E-state index in [1.54, 1.807) is 26.1 Å². The summed E-state index contributed by atoms with van der Waals surface area (Å²) in [5, 5.41) is 6.78. The summed E-state index contributed by atoms with van der Waals surface area (Å²) in [5.41, 5.74) is 2.92. The van der Waals surface area contributed by atoms with Crippen LogP contribution in [-0.4, -0.2) is 64.3 Å². The third kappa shape index (κ3) is 10.9. The summed E-state index contributed by atoms with van der Waals surface area (Å²) in [6.45, 7) is 5.50. The third-order valence-electron chi connectivity index (χ3n) is 4.83. The van der Waals surface area contributed by atoms with Crippen LogP contribution in [0.15, 0.2) is 53.5 Å². The van der Waals surface area contributed by atoms with Crippen molar-refractivity contribution in [3.05, 3.63) is 65.2 Å². The highest BCUT2D eigenvalue weighted by molar-refractivity contribution is 14.0. The second-order valence-electron chi connectivity index (χ2n) is 7.57. The summed E-state index contributed by atoms with van der Waals surface area (Å²) in [4.78, 5) is 18.5. The van der Waals surface area contributed by atoms with Gasteiger partial charge >= 0.3 is 0 Å². The van der Waals surface area contributed by atoms with Crippen LogP contribution in [0, 0.1) is 0 Å². The molecule has 2 N–H and O–H groups in total. The molecule has 0 spiro atoms. The van der Waals surface area contributed by atoms with Gasteiger partial charge in [-0.25, -0.2) is 4.99 Å². The van der Waals surface area contributed by atoms with Crippen molar-refractivity contribution in [2.24, 2.45) is 4.99 Å². The quantitative estimate of drug-likeness (QED) is 0.177. The van der Waals surface area contributed by atoms with E-state index >= 15 is 0 Å². The number of methoxy groups -OCH3 is 1. The molecule has 0 aliphatic carbocycles. The van der Waals surface area contributed by atoms with Crippen molar-refractivity contribution in [1.29, 1.82) is 0 Å². The van der Waals surface area contributed by atoms with E-state index in [1.807, 2.05) is 55.5 Å². The second kappa shape index (κ2) is 16.3. The number of nitrogens with one attached hydrogen (secondary N) is 2. The van der Waals surface area contributed by atoms with Gasteiger partial charge in [0.05, 0.1) is 13.7 Å². The first-order valence-corrected chi connectivity index (χ1v) is 11.1. The molecule has 0 bridgehead atoms. The van der Waals surface area contributed by atoms with Crippen molar-refractivity contribution in [2.45, 2.75) is 26.3 Å². The van der Waals surface area contributed by atoms with Crippen molar-refractivity contribution >= 4 is 35.8 Å². The number of hydrogen-bond acceptors (Lipinski definition) is 4. The van der Waals surface area contributed by atoms with Crippen LogP contribution in [0.2, 0.25) is 0 Å². The molecule has 0 aliphatic heterocycles. The highest BCUT2D eigenvalue weighted by atomic mass is 127. The molecule has 0 unspecified atom stereocenters. The summed E-state index contributed by atoms with van der Waals surface area (Å²) in [6.07, 6.45) is 1.70. The van der Waals surface area contributed by atoms with E-state index in [4.69, 9.17) is 14.5 Å². The Morgan fingerprint density at radius 2 is 1.76 bits per heavy atom. The van der Waals surface area contributed by atoms with Crippen LogP contribution in [0.5, 0.6) is 5.75 Å². The first kappa shape index (κ1) is 28.7. The van der Waals surface area contributed by atoms with Crippen LogP contribution in [0.3, 0.4) is 0 Å². The first-order valence-electron chi connectivity index (χ1n) is 11.1. The van der Waals surface area contributed by atoms with E-state index in [-0.39, 0.29) is 29.9 Å². The van der Waals surface area contributed by atoms with E-state index in [1.165, 1.54) is 0 Å². The van der Waals surface area contributed by atoms with E-state index < -0.39 is 0 Å². The zero-order valence-electron chi connectivity index (χ0n) is 20.1. The lowest BCUT2D eigenvalue weighted by Gasteiger charge is -2.14. The van der Waals surface area contributed by atoms with Crippen LogP contribution in [0.1, 0.15) is 34.8 Å². The van der Waals surface area contributed by atoms with Gasteiger partial charge in [-0.1, -0.05) is 24.3 Å². The van der Waals surface area contributed by atoms with Crippen molar-refractivity contribution in [3.63, 3.8) is 0 Å². The van der Waals surface area contributed by atoms with Gasteiger partial charge in [0, 0.05) is 46.0 Å². The number of rotatable bonds is 12. The number of aliphatic imine (C=N–C) groups is 1. The molecule has 0 aromatic heterocycles. The van der Waals surface area contributed by atoms with Crippen molar-refractivity contribution in [3.8, 4) is 5.75 Å². The van der Waals surface area contributed by atoms with Gasteiger partial charge in [-0.2, -0.15) is 0 Å². The maximum absolute atomic E-state index is 12.2. The van der Waals surface area contributed by atoms with Crippen LogP contribution >= 0.6 is 24.0 Å². The fourth-order valence-electron chi connectivity index (χ4n) is 3.04. The highest BCUT2D eigenvalue weighted by Gasteiger charge is 2.08. The van der Waals surface area contributed by atoms with Gasteiger partial charge in [0.25, 0.3) is 5.91 Å². The summed E-state index contributed by atoms with van der Waals surface area (Å²) in [5.74, 6) is 1.61. The molecule has 0 saturated heterocycles. The topological polar surface area (TPSA) is 75.2 Å². The Balaban J connectivity index is 0.00000544. The largest absolute Gasteiger partial charge is 0.497 e. The number of guanidine groups is 1. The Kier molecular flexibility index (Phi) is 14.2. The van der Waals surface area contributed by atoms with E-state index in [0.717, 1.165) is 55.4 Å². The van der Waals surface area contributed by atoms with Gasteiger partial charge in [0.1, 0.15) is 5.75 Å². The fraction of sp³-hybridized carbons (Fsp3) is 0.440. The number of halogens is 1. The SMILES string of the molecule is CCOCCCNC(=NCc1ccc(OC)cc1)NCCc1cccc(C(=O)N(C)C)c1.I. The van der Waals surface area contributed by atoms with E-state index in [0.29, 0.717) is 18.7 Å². The molecule has 8 heteroatoms. The predicted molar refractivity (Wildman–Crippen MR) is 145 cm³/mol. The predicted octanol–water partition coefficient (Wildman–Crippen LogP) is 3.72. The fourth-order valence-corrected chi connectivity index (χ4v) is 3.04. The number of nitrogens with zero attached hydrogens (tertiary/aromatic N) is 2.